The fourth-order valence-electron chi connectivity index (χ4n) is 2.17. The molecular weight excluding hydrogens is 232 g/mol. The minimum absolute atomic E-state index is 0.368. The lowest BCUT2D eigenvalue weighted by Crippen LogP contribution is -2.15. The number of thioether (sulfide) groups is 1. The Balaban J connectivity index is 2.09. The number of anilines is 1. The average Bonchev–Trinajstić information content (AvgIpc) is 3.02. The number of hydrogen-bond acceptors (Lipinski definition) is 4. The summed E-state index contributed by atoms with van der Waals surface area (Å²) >= 11 is 1.93. The summed E-state index contributed by atoms with van der Waals surface area (Å²) in [6, 6.07) is 1.97. The molecule has 0 aromatic carbocycles. The monoisotopic (exact) mass is 248 g/mol. The third kappa shape index (κ3) is 1.69. The predicted octanol–water partition coefficient (Wildman–Crippen LogP) is 2.22. The van der Waals surface area contributed by atoms with Crippen molar-refractivity contribution >= 4 is 28.9 Å². The van der Waals surface area contributed by atoms with Gasteiger partial charge in [-0.1, -0.05) is 0 Å². The molecule has 2 aromatic rings. The standard InChI is InChI=1S/C12H16N4S/c1-8-3-6-14-10-9(8)15-11(13)16(10)7-12(17-2)4-5-12/h3,6H,4-5,7H2,1-2H3,(H2,13,15). The average molecular weight is 248 g/mol. The van der Waals surface area contributed by atoms with Crippen molar-refractivity contribution in [2.24, 2.45) is 0 Å². The van der Waals surface area contributed by atoms with E-state index < -0.39 is 0 Å². The van der Waals surface area contributed by atoms with Gasteiger partial charge in [0, 0.05) is 17.5 Å². The van der Waals surface area contributed by atoms with E-state index >= 15 is 0 Å². The maximum Gasteiger partial charge on any atom is 0.202 e. The SMILES string of the molecule is CSC1(Cn2c(N)nc3c(C)ccnc32)CC1. The van der Waals surface area contributed by atoms with Crippen LogP contribution >= 0.6 is 11.8 Å². The van der Waals surface area contributed by atoms with Gasteiger partial charge in [-0.25, -0.2) is 9.97 Å². The van der Waals surface area contributed by atoms with Crippen LogP contribution in [0.15, 0.2) is 12.3 Å². The molecule has 0 aliphatic heterocycles. The van der Waals surface area contributed by atoms with E-state index in [0.29, 0.717) is 10.7 Å². The summed E-state index contributed by atoms with van der Waals surface area (Å²) < 4.78 is 2.43. The summed E-state index contributed by atoms with van der Waals surface area (Å²) in [5.41, 5.74) is 9.00. The van der Waals surface area contributed by atoms with Crippen LogP contribution < -0.4 is 5.73 Å². The number of aromatic nitrogens is 3. The number of nitrogen functional groups attached to an aromatic ring is 1. The van der Waals surface area contributed by atoms with Crippen molar-refractivity contribution in [2.45, 2.75) is 31.1 Å². The van der Waals surface area contributed by atoms with E-state index in [2.05, 4.69) is 20.8 Å². The largest absolute Gasteiger partial charge is 0.369 e. The number of imidazole rings is 1. The smallest absolute Gasteiger partial charge is 0.202 e. The minimum Gasteiger partial charge on any atom is -0.369 e. The van der Waals surface area contributed by atoms with E-state index in [-0.39, 0.29) is 0 Å². The predicted molar refractivity (Wildman–Crippen MR) is 72.2 cm³/mol. The number of nitrogens with two attached hydrogens (primary N) is 1. The first-order chi connectivity index (χ1) is 8.15. The van der Waals surface area contributed by atoms with E-state index in [1.54, 1.807) is 0 Å². The topological polar surface area (TPSA) is 56.7 Å². The number of fused-ring (bicyclic) bond motifs is 1. The van der Waals surface area contributed by atoms with Gasteiger partial charge in [0.25, 0.3) is 0 Å². The number of hydrogen-bond donors (Lipinski definition) is 1. The molecule has 5 heteroatoms. The maximum atomic E-state index is 6.01. The molecule has 1 saturated carbocycles. The lowest BCUT2D eigenvalue weighted by molar-refractivity contribution is 0.682. The molecule has 0 bridgehead atoms. The van der Waals surface area contributed by atoms with Crippen LogP contribution in [0.5, 0.6) is 0 Å². The zero-order chi connectivity index (χ0) is 12.0. The molecule has 1 fully saturated rings. The van der Waals surface area contributed by atoms with Crippen LogP contribution in [-0.2, 0) is 6.54 Å². The van der Waals surface area contributed by atoms with Crippen molar-refractivity contribution in [2.75, 3.05) is 12.0 Å². The van der Waals surface area contributed by atoms with Crippen LogP contribution in [0, 0.1) is 6.92 Å². The number of aryl methyl sites for hydroxylation is 1. The van der Waals surface area contributed by atoms with Crippen LogP contribution in [0.3, 0.4) is 0 Å². The van der Waals surface area contributed by atoms with Gasteiger partial charge < -0.3 is 5.73 Å². The third-order valence-corrected chi connectivity index (χ3v) is 4.96. The molecule has 0 amide bonds. The van der Waals surface area contributed by atoms with Crippen LogP contribution in [-0.4, -0.2) is 25.5 Å². The fraction of sp³-hybridized carbons (Fsp3) is 0.500. The highest BCUT2D eigenvalue weighted by Crippen LogP contribution is 2.49. The number of pyridine rings is 1. The molecule has 1 aliphatic carbocycles. The van der Waals surface area contributed by atoms with Crippen molar-refractivity contribution in [3.63, 3.8) is 0 Å². The van der Waals surface area contributed by atoms with E-state index in [1.165, 1.54) is 12.8 Å². The van der Waals surface area contributed by atoms with E-state index in [4.69, 9.17) is 5.73 Å². The van der Waals surface area contributed by atoms with Crippen molar-refractivity contribution in [1.29, 1.82) is 0 Å². The number of nitrogens with zero attached hydrogens (tertiary/aromatic N) is 3. The highest BCUT2D eigenvalue weighted by molar-refractivity contribution is 8.00. The molecule has 2 aromatic heterocycles. The molecule has 0 spiro atoms. The molecular formula is C12H16N4S. The molecule has 1 aliphatic rings. The van der Waals surface area contributed by atoms with Crippen molar-refractivity contribution in [3.05, 3.63) is 17.8 Å². The zero-order valence-corrected chi connectivity index (χ0v) is 10.9. The first kappa shape index (κ1) is 10.9. The first-order valence-corrected chi connectivity index (χ1v) is 7.00. The summed E-state index contributed by atoms with van der Waals surface area (Å²) in [6.45, 7) is 2.97. The van der Waals surface area contributed by atoms with Crippen molar-refractivity contribution in [1.82, 2.24) is 14.5 Å². The molecule has 0 saturated heterocycles. The van der Waals surface area contributed by atoms with Crippen LogP contribution in [0.4, 0.5) is 5.95 Å². The van der Waals surface area contributed by atoms with Gasteiger partial charge in [0.15, 0.2) is 5.65 Å². The molecule has 0 unspecified atom stereocenters. The molecule has 0 radical (unpaired) electrons. The second kappa shape index (κ2) is 3.63. The van der Waals surface area contributed by atoms with E-state index in [1.807, 2.05) is 30.9 Å². The van der Waals surface area contributed by atoms with Crippen LogP contribution in [0.25, 0.3) is 11.2 Å². The Morgan fingerprint density at radius 2 is 2.29 bits per heavy atom. The molecule has 2 heterocycles. The lowest BCUT2D eigenvalue weighted by atomic mass is 10.3. The van der Waals surface area contributed by atoms with Gasteiger partial charge in [-0.05, 0) is 37.7 Å². The molecule has 2 N–H and O–H groups in total. The van der Waals surface area contributed by atoms with E-state index in [9.17, 15) is 0 Å². The number of rotatable bonds is 3. The van der Waals surface area contributed by atoms with Gasteiger partial charge in [0.1, 0.15) is 5.52 Å². The van der Waals surface area contributed by atoms with Gasteiger partial charge in [-0.15, -0.1) is 0 Å². The molecule has 0 atom stereocenters. The van der Waals surface area contributed by atoms with E-state index in [0.717, 1.165) is 23.3 Å². The lowest BCUT2D eigenvalue weighted by Gasteiger charge is -2.14. The summed E-state index contributed by atoms with van der Waals surface area (Å²) in [4.78, 5) is 8.85. The van der Waals surface area contributed by atoms with Gasteiger partial charge in [-0.2, -0.15) is 11.8 Å². The summed E-state index contributed by atoms with van der Waals surface area (Å²) in [6.07, 6.45) is 6.52. The minimum atomic E-state index is 0.368. The Hall–Kier alpha value is -1.23. The second-order valence-corrected chi connectivity index (χ2v) is 6.02. The van der Waals surface area contributed by atoms with Gasteiger partial charge in [0.2, 0.25) is 5.95 Å². The maximum absolute atomic E-state index is 6.01. The van der Waals surface area contributed by atoms with Gasteiger partial charge >= 0.3 is 0 Å². The van der Waals surface area contributed by atoms with Crippen LogP contribution in [0.1, 0.15) is 18.4 Å². The van der Waals surface area contributed by atoms with Crippen LogP contribution in [0.2, 0.25) is 0 Å². The zero-order valence-electron chi connectivity index (χ0n) is 10.1. The summed E-state index contributed by atoms with van der Waals surface area (Å²) in [5.74, 6) is 0.585. The summed E-state index contributed by atoms with van der Waals surface area (Å²) in [7, 11) is 0. The quantitative estimate of drug-likeness (QED) is 0.905. The summed E-state index contributed by atoms with van der Waals surface area (Å²) in [5, 5.41) is 0. The first-order valence-electron chi connectivity index (χ1n) is 5.78. The van der Waals surface area contributed by atoms with Crippen molar-refractivity contribution in [3.8, 4) is 0 Å². The Kier molecular flexibility index (Phi) is 2.33. The molecule has 90 valence electrons. The highest BCUT2D eigenvalue weighted by Gasteiger charge is 2.42. The Labute approximate surface area is 105 Å². The second-order valence-electron chi connectivity index (χ2n) is 4.74. The highest BCUT2D eigenvalue weighted by atomic mass is 32.2. The fourth-order valence-corrected chi connectivity index (χ4v) is 2.93. The normalized spacial score (nSPS) is 17.5. The van der Waals surface area contributed by atoms with Gasteiger partial charge in [0.05, 0.1) is 0 Å². The Bertz CT molecular complexity index is 571. The third-order valence-electron chi connectivity index (χ3n) is 3.55. The molecule has 4 nitrogen and oxygen atoms in total. The molecule has 3 rings (SSSR count). The van der Waals surface area contributed by atoms with Crippen molar-refractivity contribution < 1.29 is 0 Å². The van der Waals surface area contributed by atoms with Gasteiger partial charge in [-0.3, -0.25) is 4.57 Å². The Morgan fingerprint density at radius 1 is 1.53 bits per heavy atom. The Morgan fingerprint density at radius 3 is 2.94 bits per heavy atom. The molecule has 17 heavy (non-hydrogen) atoms.